The zero-order chi connectivity index (χ0) is 20.1. The van der Waals surface area contributed by atoms with E-state index in [1.807, 2.05) is 41.0 Å². The Hall–Kier alpha value is -1.67. The Morgan fingerprint density at radius 3 is 2.72 bits per heavy atom. The molecule has 2 aromatic carbocycles. The van der Waals surface area contributed by atoms with Gasteiger partial charge in [0.2, 0.25) is 0 Å². The van der Waals surface area contributed by atoms with E-state index in [0.717, 1.165) is 60.2 Å². The van der Waals surface area contributed by atoms with Gasteiger partial charge in [-0.15, -0.1) is 0 Å². The van der Waals surface area contributed by atoms with Crippen LogP contribution < -0.4 is 5.56 Å². The fourth-order valence-electron chi connectivity index (χ4n) is 3.51. The smallest absolute Gasteiger partial charge is 0.262 e. The molecule has 152 valence electrons. The molecule has 0 radical (unpaired) electrons. The van der Waals surface area contributed by atoms with Crippen molar-refractivity contribution in [3.8, 4) is 0 Å². The van der Waals surface area contributed by atoms with Gasteiger partial charge in [0.05, 0.1) is 24.1 Å². The van der Waals surface area contributed by atoms with Crippen LogP contribution in [-0.4, -0.2) is 47.3 Å². The summed E-state index contributed by atoms with van der Waals surface area (Å²) in [5, 5.41) is 1.47. The molecule has 0 saturated carbocycles. The summed E-state index contributed by atoms with van der Waals surface area (Å²) in [6.45, 7) is 5.17. The summed E-state index contributed by atoms with van der Waals surface area (Å²) in [6, 6.07) is 15.9. The molecular formula is C22H24BrN3O2S. The van der Waals surface area contributed by atoms with Gasteiger partial charge >= 0.3 is 0 Å². The first-order valence-corrected chi connectivity index (χ1v) is 11.7. The van der Waals surface area contributed by atoms with E-state index in [4.69, 9.17) is 9.72 Å². The van der Waals surface area contributed by atoms with Gasteiger partial charge in [-0.25, -0.2) is 4.98 Å². The zero-order valence-corrected chi connectivity index (χ0v) is 18.6. The third-order valence-corrected chi connectivity index (χ3v) is 6.58. The molecule has 2 heterocycles. The van der Waals surface area contributed by atoms with Crippen LogP contribution in [-0.2, 0) is 17.0 Å². The molecule has 4 rings (SSSR count). The van der Waals surface area contributed by atoms with Crippen LogP contribution in [0, 0.1) is 0 Å². The SMILES string of the molecule is O=c1c2ccccc2nc(SCc2cccc(Br)c2)n1CCCN1CCOCC1. The number of halogens is 1. The number of ether oxygens (including phenoxy) is 1. The molecule has 0 atom stereocenters. The molecule has 1 fully saturated rings. The van der Waals surface area contributed by atoms with Crippen LogP contribution in [0.1, 0.15) is 12.0 Å². The van der Waals surface area contributed by atoms with Gasteiger partial charge in [-0.05, 0) is 36.2 Å². The number of hydrogen-bond donors (Lipinski definition) is 0. The molecule has 0 amide bonds. The highest BCUT2D eigenvalue weighted by atomic mass is 79.9. The van der Waals surface area contributed by atoms with Crippen LogP contribution in [0.4, 0.5) is 0 Å². The highest BCUT2D eigenvalue weighted by Gasteiger charge is 2.14. The van der Waals surface area contributed by atoms with Gasteiger partial charge < -0.3 is 4.74 Å². The van der Waals surface area contributed by atoms with Gasteiger partial charge in [0.25, 0.3) is 5.56 Å². The van der Waals surface area contributed by atoms with Crippen molar-refractivity contribution in [3.63, 3.8) is 0 Å². The second-order valence-corrected chi connectivity index (χ2v) is 8.95. The summed E-state index contributed by atoms with van der Waals surface area (Å²) < 4.78 is 8.33. The van der Waals surface area contributed by atoms with E-state index in [1.54, 1.807) is 11.8 Å². The van der Waals surface area contributed by atoms with E-state index in [2.05, 4.69) is 33.0 Å². The number of benzene rings is 2. The van der Waals surface area contributed by atoms with Gasteiger partial charge in [0.15, 0.2) is 5.16 Å². The van der Waals surface area contributed by atoms with Crippen LogP contribution in [0.3, 0.4) is 0 Å². The summed E-state index contributed by atoms with van der Waals surface area (Å²) >= 11 is 5.15. The highest BCUT2D eigenvalue weighted by Crippen LogP contribution is 2.24. The lowest BCUT2D eigenvalue weighted by Gasteiger charge is -2.26. The van der Waals surface area contributed by atoms with E-state index in [9.17, 15) is 4.79 Å². The topological polar surface area (TPSA) is 47.4 Å². The molecule has 1 saturated heterocycles. The molecule has 1 aliphatic rings. The molecule has 0 bridgehead atoms. The standard InChI is InChI=1S/C22H24BrN3O2S/c23-18-6-3-5-17(15-18)16-29-22-24-20-8-2-1-7-19(20)21(27)26(22)10-4-9-25-11-13-28-14-12-25/h1-3,5-8,15H,4,9-14,16H2. The average Bonchev–Trinajstić information content (AvgIpc) is 2.75. The minimum atomic E-state index is 0.0503. The van der Waals surface area contributed by atoms with Gasteiger partial charge in [-0.3, -0.25) is 14.3 Å². The van der Waals surface area contributed by atoms with Gasteiger partial charge in [-0.1, -0.05) is 52.0 Å². The second-order valence-electron chi connectivity index (χ2n) is 7.09. The number of nitrogens with zero attached hydrogens (tertiary/aromatic N) is 3. The van der Waals surface area contributed by atoms with Gasteiger partial charge in [0, 0.05) is 36.4 Å². The number of hydrogen-bond acceptors (Lipinski definition) is 5. The molecule has 29 heavy (non-hydrogen) atoms. The Balaban J connectivity index is 1.55. The van der Waals surface area contributed by atoms with E-state index in [-0.39, 0.29) is 5.56 Å². The van der Waals surface area contributed by atoms with E-state index in [0.29, 0.717) is 11.9 Å². The molecule has 7 heteroatoms. The summed E-state index contributed by atoms with van der Waals surface area (Å²) in [7, 11) is 0. The minimum Gasteiger partial charge on any atom is -0.379 e. The van der Waals surface area contributed by atoms with Crippen LogP contribution >= 0.6 is 27.7 Å². The third kappa shape index (κ3) is 5.28. The molecule has 0 aliphatic carbocycles. The van der Waals surface area contributed by atoms with Crippen molar-refractivity contribution in [3.05, 3.63) is 68.9 Å². The number of fused-ring (bicyclic) bond motifs is 1. The van der Waals surface area contributed by atoms with Crippen molar-refractivity contribution in [2.45, 2.75) is 23.9 Å². The van der Waals surface area contributed by atoms with Crippen LogP contribution in [0.5, 0.6) is 0 Å². The number of thioether (sulfide) groups is 1. The molecular weight excluding hydrogens is 450 g/mol. The average molecular weight is 474 g/mol. The maximum absolute atomic E-state index is 13.2. The molecule has 0 unspecified atom stereocenters. The molecule has 0 N–H and O–H groups in total. The first-order chi connectivity index (χ1) is 14.2. The number of aromatic nitrogens is 2. The van der Waals surface area contributed by atoms with E-state index >= 15 is 0 Å². The summed E-state index contributed by atoms with van der Waals surface area (Å²) in [6.07, 6.45) is 0.921. The largest absolute Gasteiger partial charge is 0.379 e. The second kappa shape index (κ2) is 9.89. The molecule has 5 nitrogen and oxygen atoms in total. The zero-order valence-electron chi connectivity index (χ0n) is 16.2. The first-order valence-electron chi connectivity index (χ1n) is 9.87. The molecule has 1 aromatic heterocycles. The van der Waals surface area contributed by atoms with Crippen molar-refractivity contribution in [1.29, 1.82) is 0 Å². The Morgan fingerprint density at radius 2 is 1.90 bits per heavy atom. The minimum absolute atomic E-state index is 0.0503. The molecule has 3 aromatic rings. The van der Waals surface area contributed by atoms with Crippen molar-refractivity contribution in [2.75, 3.05) is 32.8 Å². The van der Waals surface area contributed by atoms with Crippen LogP contribution in [0.2, 0.25) is 0 Å². The van der Waals surface area contributed by atoms with E-state index < -0.39 is 0 Å². The Kier molecular flexibility index (Phi) is 7.02. The van der Waals surface area contributed by atoms with Crippen molar-refractivity contribution in [2.24, 2.45) is 0 Å². The summed E-state index contributed by atoms with van der Waals surface area (Å²) in [5.74, 6) is 0.772. The summed E-state index contributed by atoms with van der Waals surface area (Å²) in [4.78, 5) is 20.4. The lowest BCUT2D eigenvalue weighted by atomic mass is 10.2. The van der Waals surface area contributed by atoms with Crippen molar-refractivity contribution >= 4 is 38.6 Å². The van der Waals surface area contributed by atoms with Crippen molar-refractivity contribution < 1.29 is 4.74 Å². The number of para-hydroxylation sites is 1. The maximum atomic E-state index is 13.2. The maximum Gasteiger partial charge on any atom is 0.262 e. The predicted octanol–water partition coefficient (Wildman–Crippen LogP) is 4.17. The quantitative estimate of drug-likeness (QED) is 0.380. The van der Waals surface area contributed by atoms with Crippen molar-refractivity contribution in [1.82, 2.24) is 14.5 Å². The van der Waals surface area contributed by atoms with Crippen LogP contribution in [0.25, 0.3) is 10.9 Å². The summed E-state index contributed by atoms with van der Waals surface area (Å²) in [5.41, 5.74) is 2.01. The lowest BCUT2D eigenvalue weighted by Crippen LogP contribution is -2.37. The van der Waals surface area contributed by atoms with Crippen LogP contribution in [0.15, 0.2) is 63.0 Å². The number of rotatable bonds is 7. The van der Waals surface area contributed by atoms with Gasteiger partial charge in [-0.2, -0.15) is 0 Å². The Morgan fingerprint density at radius 1 is 1.07 bits per heavy atom. The fraction of sp³-hybridized carbons (Fsp3) is 0.364. The van der Waals surface area contributed by atoms with Gasteiger partial charge in [0.1, 0.15) is 0 Å². The van der Waals surface area contributed by atoms with E-state index in [1.165, 1.54) is 5.56 Å². The monoisotopic (exact) mass is 473 g/mol. The Labute approximate surface area is 183 Å². The molecule has 1 aliphatic heterocycles. The predicted molar refractivity (Wildman–Crippen MR) is 122 cm³/mol. The third-order valence-electron chi connectivity index (χ3n) is 5.04. The normalized spacial score (nSPS) is 15.1. The Bertz CT molecular complexity index is 1030. The fourth-order valence-corrected chi connectivity index (χ4v) is 4.92. The first kappa shape index (κ1) is 20.6. The molecule has 0 spiro atoms. The lowest BCUT2D eigenvalue weighted by molar-refractivity contribution is 0.0368. The number of morpholine rings is 1. The highest BCUT2D eigenvalue weighted by molar-refractivity contribution is 9.10.